The molecule has 3 rings (SSSR count). The fourth-order valence-corrected chi connectivity index (χ4v) is 2.43. The number of hydrogen-bond acceptors (Lipinski definition) is 5. The van der Waals surface area contributed by atoms with Crippen molar-refractivity contribution in [1.82, 2.24) is 19.7 Å². The summed E-state index contributed by atoms with van der Waals surface area (Å²) in [5, 5.41) is 19.3. The van der Waals surface area contributed by atoms with Gasteiger partial charge in [-0.15, -0.1) is 0 Å². The lowest BCUT2D eigenvalue weighted by Gasteiger charge is -2.10. The third-order valence-electron chi connectivity index (χ3n) is 3.38. The van der Waals surface area contributed by atoms with Crippen LogP contribution in [-0.4, -0.2) is 25.8 Å². The van der Waals surface area contributed by atoms with Gasteiger partial charge < -0.3 is 5.32 Å². The first-order valence-corrected chi connectivity index (χ1v) is 7.98. The van der Waals surface area contributed by atoms with Gasteiger partial charge in [0.25, 0.3) is 5.95 Å². The molecule has 2 heterocycles. The number of hydrogen-bond donors (Lipinski definition) is 2. The van der Waals surface area contributed by atoms with Gasteiger partial charge in [0.1, 0.15) is 11.6 Å². The molecule has 0 bridgehead atoms. The number of benzene rings is 1. The quantitative estimate of drug-likeness (QED) is 0.736. The largest absolute Gasteiger partial charge is 0.324 e. The minimum absolute atomic E-state index is 0.184. The van der Waals surface area contributed by atoms with E-state index in [1.807, 2.05) is 26.0 Å². The summed E-state index contributed by atoms with van der Waals surface area (Å²) >= 11 is 5.83. The van der Waals surface area contributed by atoms with Crippen molar-refractivity contribution in [2.45, 2.75) is 13.8 Å². The standard InChI is InChI=1S/C17H14ClN7O/c1-10-7-11(2)22-16(21-10)25-15(12(8-19)9-20-25)24-17(26)23-14-5-3-13(18)4-6-14/h3-7,9H,1-2H3,(H2,23,24,26). The third kappa shape index (κ3) is 3.79. The number of halogens is 1. The zero-order chi connectivity index (χ0) is 18.7. The van der Waals surface area contributed by atoms with E-state index >= 15 is 0 Å². The van der Waals surface area contributed by atoms with Crippen molar-refractivity contribution in [2.24, 2.45) is 0 Å². The number of nitrogens with one attached hydrogen (secondary N) is 2. The number of carbonyl (C=O) groups is 1. The van der Waals surface area contributed by atoms with Crippen LogP contribution in [0, 0.1) is 25.2 Å². The molecule has 0 aliphatic heterocycles. The van der Waals surface area contributed by atoms with Crippen LogP contribution in [0.15, 0.2) is 36.5 Å². The number of amides is 2. The van der Waals surface area contributed by atoms with Crippen molar-refractivity contribution in [3.05, 3.63) is 58.5 Å². The van der Waals surface area contributed by atoms with Crippen molar-refractivity contribution in [3.63, 3.8) is 0 Å². The molecule has 2 N–H and O–H groups in total. The van der Waals surface area contributed by atoms with Crippen LogP contribution >= 0.6 is 11.6 Å². The topological polar surface area (TPSA) is 109 Å². The summed E-state index contributed by atoms with van der Waals surface area (Å²) in [6, 6.07) is 9.92. The van der Waals surface area contributed by atoms with Crippen molar-refractivity contribution in [3.8, 4) is 12.0 Å². The van der Waals surface area contributed by atoms with Crippen LogP contribution in [0.2, 0.25) is 5.02 Å². The monoisotopic (exact) mass is 367 g/mol. The second-order valence-corrected chi connectivity index (χ2v) is 5.90. The maximum Gasteiger partial charge on any atom is 0.324 e. The van der Waals surface area contributed by atoms with Gasteiger partial charge in [0.2, 0.25) is 0 Å². The molecule has 0 spiro atoms. The Morgan fingerprint density at radius 1 is 1.15 bits per heavy atom. The van der Waals surface area contributed by atoms with E-state index in [4.69, 9.17) is 11.6 Å². The Hall–Kier alpha value is -3.44. The molecular weight excluding hydrogens is 354 g/mol. The Morgan fingerprint density at radius 2 is 1.81 bits per heavy atom. The molecule has 0 atom stereocenters. The van der Waals surface area contributed by atoms with Gasteiger partial charge in [0.15, 0.2) is 5.82 Å². The predicted octanol–water partition coefficient (Wildman–Crippen LogP) is 3.45. The van der Waals surface area contributed by atoms with Gasteiger partial charge in [-0.05, 0) is 44.2 Å². The summed E-state index contributed by atoms with van der Waals surface area (Å²) < 4.78 is 1.32. The third-order valence-corrected chi connectivity index (χ3v) is 3.64. The molecule has 2 aromatic heterocycles. The number of nitriles is 1. The first kappa shape index (κ1) is 17.4. The normalized spacial score (nSPS) is 10.2. The second kappa shape index (κ2) is 7.21. The molecule has 9 heteroatoms. The molecule has 0 fully saturated rings. The van der Waals surface area contributed by atoms with E-state index in [0.717, 1.165) is 11.4 Å². The molecule has 3 aromatic rings. The van der Waals surface area contributed by atoms with Crippen molar-refractivity contribution >= 4 is 29.1 Å². The van der Waals surface area contributed by atoms with E-state index in [2.05, 4.69) is 25.7 Å². The van der Waals surface area contributed by atoms with Crippen LogP contribution in [0.4, 0.5) is 16.3 Å². The predicted molar refractivity (Wildman–Crippen MR) is 97.4 cm³/mol. The van der Waals surface area contributed by atoms with E-state index in [1.54, 1.807) is 24.3 Å². The van der Waals surface area contributed by atoms with E-state index in [9.17, 15) is 10.1 Å². The van der Waals surface area contributed by atoms with Crippen LogP contribution in [0.25, 0.3) is 5.95 Å². The summed E-state index contributed by atoms with van der Waals surface area (Å²) in [7, 11) is 0. The highest BCUT2D eigenvalue weighted by molar-refractivity contribution is 6.30. The average Bonchev–Trinajstić information content (AvgIpc) is 2.98. The summed E-state index contributed by atoms with van der Waals surface area (Å²) in [6.45, 7) is 3.65. The molecule has 8 nitrogen and oxygen atoms in total. The molecule has 130 valence electrons. The van der Waals surface area contributed by atoms with Gasteiger partial charge in [0.05, 0.1) is 6.20 Å². The summed E-state index contributed by atoms with van der Waals surface area (Å²) in [5.41, 5.74) is 2.24. The number of urea groups is 1. The molecule has 0 aliphatic carbocycles. The molecular formula is C17H14ClN7O. The molecule has 1 aromatic carbocycles. The first-order valence-electron chi connectivity index (χ1n) is 7.60. The second-order valence-electron chi connectivity index (χ2n) is 5.47. The molecule has 26 heavy (non-hydrogen) atoms. The zero-order valence-corrected chi connectivity index (χ0v) is 14.7. The Balaban J connectivity index is 1.89. The SMILES string of the molecule is Cc1cc(C)nc(-n2ncc(C#N)c2NC(=O)Nc2ccc(Cl)cc2)n1. The molecule has 0 radical (unpaired) electrons. The van der Waals surface area contributed by atoms with E-state index in [-0.39, 0.29) is 17.3 Å². The number of aryl methyl sites for hydroxylation is 2. The Labute approximate surface area is 154 Å². The Kier molecular flexibility index (Phi) is 4.82. The highest BCUT2D eigenvalue weighted by Crippen LogP contribution is 2.19. The van der Waals surface area contributed by atoms with Gasteiger partial charge in [-0.2, -0.15) is 15.0 Å². The molecule has 0 unspecified atom stereocenters. The molecule has 2 amide bonds. The number of rotatable bonds is 3. The Bertz CT molecular complexity index is 985. The minimum Gasteiger partial charge on any atom is -0.308 e. The summed E-state index contributed by atoms with van der Waals surface area (Å²) in [5.74, 6) is 0.453. The van der Waals surface area contributed by atoms with Crippen LogP contribution in [-0.2, 0) is 0 Å². The zero-order valence-electron chi connectivity index (χ0n) is 14.0. The lowest BCUT2D eigenvalue weighted by atomic mass is 10.3. The van der Waals surface area contributed by atoms with Gasteiger partial charge in [-0.3, -0.25) is 5.32 Å². The fraction of sp³-hybridized carbons (Fsp3) is 0.118. The van der Waals surface area contributed by atoms with Crippen LogP contribution in [0.3, 0.4) is 0 Å². The van der Waals surface area contributed by atoms with Gasteiger partial charge in [-0.25, -0.2) is 14.8 Å². The van der Waals surface area contributed by atoms with Gasteiger partial charge in [-0.1, -0.05) is 11.6 Å². The van der Waals surface area contributed by atoms with Crippen LogP contribution in [0.1, 0.15) is 17.0 Å². The highest BCUT2D eigenvalue weighted by atomic mass is 35.5. The lowest BCUT2D eigenvalue weighted by molar-refractivity contribution is 0.262. The van der Waals surface area contributed by atoms with Gasteiger partial charge >= 0.3 is 6.03 Å². The van der Waals surface area contributed by atoms with E-state index in [0.29, 0.717) is 10.7 Å². The number of nitrogens with zero attached hydrogens (tertiary/aromatic N) is 5. The van der Waals surface area contributed by atoms with Crippen molar-refractivity contribution in [1.29, 1.82) is 5.26 Å². The Morgan fingerprint density at radius 3 is 2.42 bits per heavy atom. The number of anilines is 2. The van der Waals surface area contributed by atoms with Crippen molar-refractivity contribution < 1.29 is 4.79 Å². The van der Waals surface area contributed by atoms with Crippen molar-refractivity contribution in [2.75, 3.05) is 10.6 Å². The minimum atomic E-state index is -0.532. The van der Waals surface area contributed by atoms with Gasteiger partial charge in [0, 0.05) is 22.1 Å². The number of carbonyl (C=O) groups excluding carboxylic acids is 1. The first-order chi connectivity index (χ1) is 12.5. The average molecular weight is 368 g/mol. The molecule has 0 aliphatic rings. The molecule has 0 saturated heterocycles. The molecule has 0 saturated carbocycles. The van der Waals surface area contributed by atoms with Crippen LogP contribution in [0.5, 0.6) is 0 Å². The lowest BCUT2D eigenvalue weighted by Crippen LogP contribution is -2.22. The van der Waals surface area contributed by atoms with Crippen LogP contribution < -0.4 is 10.6 Å². The fourth-order valence-electron chi connectivity index (χ4n) is 2.31. The summed E-state index contributed by atoms with van der Waals surface area (Å²) in [6.07, 6.45) is 1.35. The summed E-state index contributed by atoms with van der Waals surface area (Å²) in [4.78, 5) is 20.9. The maximum absolute atomic E-state index is 12.3. The maximum atomic E-state index is 12.3. The smallest absolute Gasteiger partial charge is 0.308 e. The van der Waals surface area contributed by atoms with E-state index < -0.39 is 6.03 Å². The number of aromatic nitrogens is 4. The van der Waals surface area contributed by atoms with E-state index in [1.165, 1.54) is 10.9 Å². The highest BCUT2D eigenvalue weighted by Gasteiger charge is 2.17.